The summed E-state index contributed by atoms with van der Waals surface area (Å²) in [6.07, 6.45) is 4.27. The van der Waals surface area contributed by atoms with Gasteiger partial charge in [-0.25, -0.2) is 0 Å². The monoisotopic (exact) mass is 227 g/mol. The number of nitrogens with zero attached hydrogens (tertiary/aromatic N) is 1. The van der Waals surface area contributed by atoms with Crippen LogP contribution in [0.25, 0.3) is 0 Å². The maximum Gasteiger partial charge on any atom is 0.308 e. The van der Waals surface area contributed by atoms with E-state index in [1.165, 1.54) is 20.0 Å². The van der Waals surface area contributed by atoms with Gasteiger partial charge in [-0.3, -0.25) is 9.69 Å². The molecule has 2 heterocycles. The number of hydrogen-bond acceptors (Lipinski definition) is 4. The Morgan fingerprint density at radius 3 is 2.62 bits per heavy atom. The van der Waals surface area contributed by atoms with Gasteiger partial charge in [0.15, 0.2) is 0 Å². The summed E-state index contributed by atoms with van der Waals surface area (Å²) in [6, 6.07) is 0.576. The van der Waals surface area contributed by atoms with E-state index in [0.717, 1.165) is 39.1 Å². The van der Waals surface area contributed by atoms with Crippen LogP contribution in [0.4, 0.5) is 0 Å². The molecule has 0 spiro atoms. The van der Waals surface area contributed by atoms with Crippen LogP contribution in [-0.2, 0) is 14.3 Å². The molecule has 0 aromatic carbocycles. The Labute approximate surface area is 96.9 Å². The van der Waals surface area contributed by atoms with Gasteiger partial charge < -0.3 is 9.47 Å². The number of rotatable bonds is 2. The number of esters is 1. The van der Waals surface area contributed by atoms with E-state index in [0.29, 0.717) is 6.04 Å². The highest BCUT2D eigenvalue weighted by molar-refractivity contribution is 5.72. The van der Waals surface area contributed by atoms with Crippen molar-refractivity contribution >= 4 is 5.97 Å². The molecule has 0 aromatic heterocycles. The lowest BCUT2D eigenvalue weighted by atomic mass is 9.95. The number of hydrogen-bond donors (Lipinski definition) is 0. The first-order chi connectivity index (χ1) is 7.81. The van der Waals surface area contributed by atoms with Crippen molar-refractivity contribution in [3.63, 3.8) is 0 Å². The predicted octanol–water partition coefficient (Wildman–Crippen LogP) is 1.05. The van der Waals surface area contributed by atoms with Crippen LogP contribution in [0.2, 0.25) is 0 Å². The highest BCUT2D eigenvalue weighted by Crippen LogP contribution is 2.23. The highest BCUT2D eigenvalue weighted by Gasteiger charge is 2.29. The van der Waals surface area contributed by atoms with Gasteiger partial charge in [-0.1, -0.05) is 0 Å². The SMILES string of the molecule is COC(=O)C1CCN(C2CCCOC2)CC1. The van der Waals surface area contributed by atoms with Crippen molar-refractivity contribution in [3.8, 4) is 0 Å². The molecule has 2 rings (SSSR count). The summed E-state index contributed by atoms with van der Waals surface area (Å²) in [5.41, 5.74) is 0. The number of ether oxygens (including phenoxy) is 2. The summed E-state index contributed by atoms with van der Waals surface area (Å²) >= 11 is 0. The maximum atomic E-state index is 11.4. The van der Waals surface area contributed by atoms with Crippen LogP contribution in [0.5, 0.6) is 0 Å². The zero-order chi connectivity index (χ0) is 11.4. The van der Waals surface area contributed by atoms with Crippen LogP contribution < -0.4 is 0 Å². The van der Waals surface area contributed by atoms with Gasteiger partial charge in [0, 0.05) is 12.6 Å². The van der Waals surface area contributed by atoms with Crippen LogP contribution in [0.1, 0.15) is 25.7 Å². The van der Waals surface area contributed by atoms with Crippen molar-refractivity contribution in [2.75, 3.05) is 33.4 Å². The summed E-state index contributed by atoms with van der Waals surface area (Å²) in [5, 5.41) is 0. The second-order valence-electron chi connectivity index (χ2n) is 4.70. The van der Waals surface area contributed by atoms with Gasteiger partial charge in [-0.05, 0) is 38.8 Å². The molecule has 92 valence electrons. The van der Waals surface area contributed by atoms with Crippen LogP contribution >= 0.6 is 0 Å². The molecule has 0 bridgehead atoms. The number of carbonyl (C=O) groups excluding carboxylic acids is 1. The van der Waals surface area contributed by atoms with Crippen molar-refractivity contribution in [1.82, 2.24) is 4.90 Å². The number of methoxy groups -OCH3 is 1. The molecule has 0 saturated carbocycles. The normalized spacial score (nSPS) is 28.9. The van der Waals surface area contributed by atoms with E-state index in [4.69, 9.17) is 9.47 Å². The standard InChI is InChI=1S/C12H21NO3/c1-15-12(14)10-4-6-13(7-5-10)11-3-2-8-16-9-11/h10-11H,2-9H2,1H3. The van der Waals surface area contributed by atoms with Crippen LogP contribution in [-0.4, -0.2) is 50.3 Å². The summed E-state index contributed by atoms with van der Waals surface area (Å²) in [5.74, 6) is 0.0744. The minimum atomic E-state index is -0.0421. The van der Waals surface area contributed by atoms with Crippen molar-refractivity contribution in [1.29, 1.82) is 0 Å². The summed E-state index contributed by atoms with van der Waals surface area (Å²) in [6.45, 7) is 3.79. The molecule has 0 radical (unpaired) electrons. The molecule has 0 aliphatic carbocycles. The van der Waals surface area contributed by atoms with E-state index < -0.39 is 0 Å². The molecule has 16 heavy (non-hydrogen) atoms. The van der Waals surface area contributed by atoms with Crippen molar-refractivity contribution < 1.29 is 14.3 Å². The second-order valence-corrected chi connectivity index (χ2v) is 4.70. The Kier molecular flexibility index (Phi) is 4.18. The number of carbonyl (C=O) groups is 1. The highest BCUT2D eigenvalue weighted by atomic mass is 16.5. The molecule has 4 heteroatoms. The Morgan fingerprint density at radius 2 is 2.06 bits per heavy atom. The molecule has 0 N–H and O–H groups in total. The predicted molar refractivity (Wildman–Crippen MR) is 60.2 cm³/mol. The van der Waals surface area contributed by atoms with E-state index >= 15 is 0 Å². The Bertz CT molecular complexity index is 230. The van der Waals surface area contributed by atoms with Crippen molar-refractivity contribution in [3.05, 3.63) is 0 Å². The van der Waals surface area contributed by atoms with Gasteiger partial charge in [0.2, 0.25) is 0 Å². The molecule has 1 unspecified atom stereocenters. The summed E-state index contributed by atoms with van der Waals surface area (Å²) in [4.78, 5) is 13.9. The lowest BCUT2D eigenvalue weighted by molar-refractivity contribution is -0.147. The van der Waals surface area contributed by atoms with E-state index in [1.54, 1.807) is 0 Å². The van der Waals surface area contributed by atoms with E-state index in [9.17, 15) is 4.79 Å². The molecule has 4 nitrogen and oxygen atoms in total. The molecule has 0 aromatic rings. The minimum Gasteiger partial charge on any atom is -0.469 e. The third-order valence-electron chi connectivity index (χ3n) is 3.72. The summed E-state index contributed by atoms with van der Waals surface area (Å²) in [7, 11) is 1.48. The van der Waals surface area contributed by atoms with Gasteiger partial charge >= 0.3 is 5.97 Å². The van der Waals surface area contributed by atoms with E-state index in [-0.39, 0.29) is 11.9 Å². The average Bonchev–Trinajstić information content (AvgIpc) is 2.39. The lowest BCUT2D eigenvalue weighted by Gasteiger charge is -2.38. The quantitative estimate of drug-likeness (QED) is 0.661. The maximum absolute atomic E-state index is 11.4. The molecule has 0 amide bonds. The molecule has 2 aliphatic heterocycles. The van der Waals surface area contributed by atoms with Crippen molar-refractivity contribution in [2.45, 2.75) is 31.7 Å². The van der Waals surface area contributed by atoms with Gasteiger partial charge in [0.1, 0.15) is 0 Å². The molecule has 2 aliphatic rings. The van der Waals surface area contributed by atoms with Crippen LogP contribution in [0, 0.1) is 5.92 Å². The fourth-order valence-electron chi connectivity index (χ4n) is 2.68. The van der Waals surface area contributed by atoms with Crippen molar-refractivity contribution in [2.24, 2.45) is 5.92 Å². The smallest absolute Gasteiger partial charge is 0.308 e. The topological polar surface area (TPSA) is 38.8 Å². The van der Waals surface area contributed by atoms with E-state index in [1.807, 2.05) is 0 Å². The van der Waals surface area contributed by atoms with Crippen LogP contribution in [0.15, 0.2) is 0 Å². The molecular formula is C12H21NO3. The Morgan fingerprint density at radius 1 is 1.31 bits per heavy atom. The van der Waals surface area contributed by atoms with Gasteiger partial charge in [-0.2, -0.15) is 0 Å². The Hall–Kier alpha value is -0.610. The first-order valence-electron chi connectivity index (χ1n) is 6.21. The molecule has 1 atom stereocenters. The molecule has 2 saturated heterocycles. The minimum absolute atomic E-state index is 0.0421. The van der Waals surface area contributed by atoms with E-state index in [2.05, 4.69) is 4.90 Å². The Balaban J connectivity index is 1.78. The van der Waals surface area contributed by atoms with Gasteiger partial charge in [0.25, 0.3) is 0 Å². The average molecular weight is 227 g/mol. The molecular weight excluding hydrogens is 206 g/mol. The third kappa shape index (κ3) is 2.74. The van der Waals surface area contributed by atoms with Gasteiger partial charge in [0.05, 0.1) is 19.6 Å². The largest absolute Gasteiger partial charge is 0.469 e. The van der Waals surface area contributed by atoms with Crippen LogP contribution in [0.3, 0.4) is 0 Å². The first-order valence-corrected chi connectivity index (χ1v) is 6.21. The number of piperidine rings is 1. The third-order valence-corrected chi connectivity index (χ3v) is 3.72. The van der Waals surface area contributed by atoms with Gasteiger partial charge in [-0.15, -0.1) is 0 Å². The first kappa shape index (κ1) is 11.9. The fraction of sp³-hybridized carbons (Fsp3) is 0.917. The zero-order valence-electron chi connectivity index (χ0n) is 9.98. The number of likely N-dealkylation sites (tertiary alicyclic amines) is 1. The molecule has 2 fully saturated rings. The fourth-order valence-corrected chi connectivity index (χ4v) is 2.68. The lowest BCUT2D eigenvalue weighted by Crippen LogP contribution is -2.46. The summed E-state index contributed by atoms with van der Waals surface area (Å²) < 4.78 is 10.3. The zero-order valence-corrected chi connectivity index (χ0v) is 9.98. The second kappa shape index (κ2) is 5.64.